The lowest BCUT2D eigenvalue weighted by molar-refractivity contribution is -0.161. The van der Waals surface area contributed by atoms with Crippen molar-refractivity contribution in [2.24, 2.45) is 11.5 Å². The number of unbranched alkanes of at least 4 members (excludes halogenated alkanes) is 24. The SMILES string of the molecule is CCCCCCCCCCCCCCCC(=O)OC[C@](C)(OC(=O)CCCCCCCCCCCCCCC)SC[C@H](N)C(=O)N[C@@H](COC(C)(C)C)C(=O)N[C@@H](COC(C)(C)C)C(=O)N[C@@H](CC(N)=O)C(=O)N[C@@H](C)C(=O)OC(C)(C)C. The molecule has 0 aliphatic heterocycles. The van der Waals surface area contributed by atoms with Crippen molar-refractivity contribution in [1.29, 1.82) is 0 Å². The van der Waals surface area contributed by atoms with Crippen molar-refractivity contribution in [3.63, 3.8) is 0 Å². The number of amides is 5. The van der Waals surface area contributed by atoms with Gasteiger partial charge in [-0.05, 0) is 89.0 Å². The van der Waals surface area contributed by atoms with Crippen LogP contribution in [-0.4, -0.2) is 125 Å². The van der Waals surface area contributed by atoms with Crippen molar-refractivity contribution in [1.82, 2.24) is 21.3 Å². The molecule has 0 aromatic heterocycles. The van der Waals surface area contributed by atoms with Gasteiger partial charge in [0, 0.05) is 18.6 Å². The van der Waals surface area contributed by atoms with Gasteiger partial charge in [0.2, 0.25) is 29.5 Å². The summed E-state index contributed by atoms with van der Waals surface area (Å²) in [4.78, 5) is 106. The second-order valence-electron chi connectivity index (χ2n) is 25.6. The van der Waals surface area contributed by atoms with E-state index in [0.717, 1.165) is 50.3 Å². The van der Waals surface area contributed by atoms with E-state index < -0.39 is 112 Å². The van der Waals surface area contributed by atoms with Gasteiger partial charge in [-0.1, -0.05) is 168 Å². The first kappa shape index (κ1) is 79.0. The van der Waals surface area contributed by atoms with E-state index in [4.69, 9.17) is 35.2 Å². The minimum absolute atomic E-state index is 0.125. The maximum atomic E-state index is 14.2. The van der Waals surface area contributed by atoms with Crippen LogP contribution in [0.15, 0.2) is 0 Å². The van der Waals surface area contributed by atoms with Gasteiger partial charge in [0.05, 0.1) is 36.9 Å². The van der Waals surface area contributed by atoms with Crippen molar-refractivity contribution in [3.8, 4) is 0 Å². The highest BCUT2D eigenvalue weighted by Crippen LogP contribution is 2.29. The summed E-state index contributed by atoms with van der Waals surface area (Å²) < 4.78 is 28.9. The molecule has 5 amide bonds. The third-order valence-corrected chi connectivity index (χ3v) is 14.8. The van der Waals surface area contributed by atoms with Gasteiger partial charge >= 0.3 is 17.9 Å². The Morgan fingerprint density at radius 2 is 0.795 bits per heavy atom. The van der Waals surface area contributed by atoms with Crippen molar-refractivity contribution >= 4 is 59.2 Å². The molecular weight excluding hydrogens is 1080 g/mol. The van der Waals surface area contributed by atoms with E-state index >= 15 is 0 Å². The molecule has 6 atom stereocenters. The number of thioether (sulfide) groups is 1. The highest BCUT2D eigenvalue weighted by Gasteiger charge is 2.36. The molecule has 0 aromatic carbocycles. The van der Waals surface area contributed by atoms with E-state index in [1.807, 2.05) is 0 Å². The van der Waals surface area contributed by atoms with Crippen LogP contribution in [0.25, 0.3) is 0 Å². The second-order valence-corrected chi connectivity index (χ2v) is 27.1. The first-order valence-electron chi connectivity index (χ1n) is 31.7. The van der Waals surface area contributed by atoms with Gasteiger partial charge in [-0.3, -0.25) is 33.6 Å². The average Bonchev–Trinajstić information content (AvgIpc) is 3.56. The largest absolute Gasteiger partial charge is 0.460 e. The molecule has 0 spiro atoms. The van der Waals surface area contributed by atoms with Crippen molar-refractivity contribution in [2.45, 2.75) is 328 Å². The Morgan fingerprint density at radius 3 is 1.17 bits per heavy atom. The fourth-order valence-electron chi connectivity index (χ4n) is 8.62. The lowest BCUT2D eigenvalue weighted by Crippen LogP contribution is -2.61. The van der Waals surface area contributed by atoms with Gasteiger partial charge in [-0.15, -0.1) is 11.8 Å². The first-order chi connectivity index (χ1) is 38.9. The Morgan fingerprint density at radius 1 is 0.446 bits per heavy atom. The summed E-state index contributed by atoms with van der Waals surface area (Å²) in [6, 6.07) is -6.98. The smallest absolute Gasteiger partial charge is 0.328 e. The molecule has 0 radical (unpaired) electrons. The predicted octanol–water partition coefficient (Wildman–Crippen LogP) is 10.6. The van der Waals surface area contributed by atoms with Gasteiger partial charge in [-0.25, -0.2) is 4.79 Å². The number of nitrogens with one attached hydrogen (secondary N) is 4. The van der Waals surface area contributed by atoms with E-state index in [0.29, 0.717) is 12.8 Å². The average molecular weight is 1200 g/mol. The first-order valence-corrected chi connectivity index (χ1v) is 32.7. The zero-order valence-electron chi connectivity index (χ0n) is 54.1. The zero-order valence-corrected chi connectivity index (χ0v) is 54.9. The van der Waals surface area contributed by atoms with E-state index in [1.165, 1.54) is 122 Å². The Hall–Kier alpha value is -4.01. The molecule has 19 nitrogen and oxygen atoms in total. The number of hydrogen-bond acceptors (Lipinski definition) is 15. The molecule has 0 heterocycles. The number of esters is 3. The normalized spacial score (nSPS) is 14.5. The summed E-state index contributed by atoms with van der Waals surface area (Å²) in [5.74, 6) is -6.23. The Kier molecular flexibility index (Phi) is 42.3. The second kappa shape index (κ2) is 44.4. The Labute approximate surface area is 505 Å². The predicted molar refractivity (Wildman–Crippen MR) is 331 cm³/mol. The molecular formula is C63H118N6O13S. The molecule has 0 saturated heterocycles. The molecule has 0 fully saturated rings. The van der Waals surface area contributed by atoms with E-state index in [9.17, 15) is 38.4 Å². The van der Waals surface area contributed by atoms with Crippen molar-refractivity contribution in [3.05, 3.63) is 0 Å². The van der Waals surface area contributed by atoms with Crippen LogP contribution >= 0.6 is 11.8 Å². The van der Waals surface area contributed by atoms with Crippen LogP contribution in [0, 0.1) is 0 Å². The summed E-state index contributed by atoms with van der Waals surface area (Å²) in [5.41, 5.74) is 9.50. The van der Waals surface area contributed by atoms with Crippen LogP contribution in [0.1, 0.15) is 276 Å². The Balaban J connectivity index is 6.10. The molecule has 0 aliphatic carbocycles. The summed E-state index contributed by atoms with van der Waals surface area (Å²) in [7, 11) is 0. The highest BCUT2D eigenvalue weighted by molar-refractivity contribution is 8.00. The highest BCUT2D eigenvalue weighted by atomic mass is 32.2. The van der Waals surface area contributed by atoms with E-state index in [-0.39, 0.29) is 31.8 Å². The van der Waals surface area contributed by atoms with Crippen LogP contribution in [0.3, 0.4) is 0 Å². The van der Waals surface area contributed by atoms with Crippen LogP contribution in [0.5, 0.6) is 0 Å². The molecule has 8 N–H and O–H groups in total. The molecule has 0 bridgehead atoms. The number of nitrogens with two attached hydrogens (primary N) is 2. The maximum absolute atomic E-state index is 14.2. The molecule has 0 aromatic rings. The van der Waals surface area contributed by atoms with E-state index in [2.05, 4.69) is 35.1 Å². The Bertz CT molecular complexity index is 1850. The number of carbonyl (C=O) groups is 8. The molecule has 83 heavy (non-hydrogen) atoms. The lowest BCUT2D eigenvalue weighted by atomic mass is 10.0. The lowest BCUT2D eigenvalue weighted by Gasteiger charge is -2.30. The monoisotopic (exact) mass is 1200 g/mol. The van der Waals surface area contributed by atoms with E-state index in [1.54, 1.807) is 69.2 Å². The van der Waals surface area contributed by atoms with Gasteiger partial charge in [-0.2, -0.15) is 0 Å². The molecule has 20 heteroatoms. The topological polar surface area (TPSA) is 283 Å². The minimum atomic E-state index is -1.58. The van der Waals surface area contributed by atoms with Crippen molar-refractivity contribution < 1.29 is 62.0 Å². The maximum Gasteiger partial charge on any atom is 0.328 e. The third kappa shape index (κ3) is 45.0. The fourth-order valence-corrected chi connectivity index (χ4v) is 9.60. The molecule has 0 unspecified atom stereocenters. The number of carbonyl (C=O) groups excluding carboxylic acids is 8. The number of primary amides is 1. The van der Waals surface area contributed by atoms with Crippen LogP contribution in [0.4, 0.5) is 0 Å². The third-order valence-electron chi connectivity index (χ3n) is 13.5. The summed E-state index contributed by atoms with van der Waals surface area (Å²) in [5, 5.41) is 10.1. The molecule has 0 rings (SSSR count). The fraction of sp³-hybridized carbons (Fsp3) is 0.873. The quantitative estimate of drug-likeness (QED) is 0.0143. The molecule has 484 valence electrons. The van der Waals surface area contributed by atoms with Gasteiger partial charge in [0.1, 0.15) is 36.4 Å². The van der Waals surface area contributed by atoms with Crippen LogP contribution < -0.4 is 32.7 Å². The number of ether oxygens (including phenoxy) is 5. The summed E-state index contributed by atoms with van der Waals surface area (Å²) in [6.45, 7) is 21.8. The minimum Gasteiger partial charge on any atom is -0.460 e. The van der Waals surface area contributed by atoms with Gasteiger partial charge in [0.25, 0.3) is 0 Å². The standard InChI is InChI=1S/C63H118N6O13S/c1-14-16-18-20-22-24-26-28-30-32-34-36-38-40-53(71)78-46-63(13,81-54(72)41-39-37-35-33-31-29-27-25-23-21-19-17-15-2)83-45-48(64)55(73)68-50(43-79-60(4,5)6)58(76)69-51(44-80-61(7,8)9)57(75)67-49(42-52(65)70)56(74)66-47(3)59(77)82-62(10,11)12/h47-51H,14-46,64H2,1-13H3,(H2,65,70)(H,66,74)(H,67,75)(H,68,73)(H,69,76)/t47-,48-,49-,50-,51-,63+/m0/s1. The number of rotatable bonds is 49. The van der Waals surface area contributed by atoms with Crippen molar-refractivity contribution in [2.75, 3.05) is 25.6 Å². The molecule has 0 aliphatic rings. The van der Waals surface area contributed by atoms with Gasteiger partial charge in [0.15, 0.2) is 4.93 Å². The van der Waals surface area contributed by atoms with Crippen LogP contribution in [-0.2, 0) is 62.0 Å². The summed E-state index contributed by atoms with van der Waals surface area (Å²) >= 11 is 1.04. The zero-order chi connectivity index (χ0) is 62.9. The van der Waals surface area contributed by atoms with Crippen LogP contribution in [0.2, 0.25) is 0 Å². The summed E-state index contributed by atoms with van der Waals surface area (Å²) in [6.07, 6.45) is 30.1. The van der Waals surface area contributed by atoms with Gasteiger partial charge < -0.3 is 56.4 Å². The molecule has 0 saturated carbocycles. The number of hydrogen-bond donors (Lipinski definition) is 6.